The monoisotopic (exact) mass is 308 g/mol. The second-order valence-electron chi connectivity index (χ2n) is 4.98. The quantitative estimate of drug-likeness (QED) is 0.821. The zero-order valence-corrected chi connectivity index (χ0v) is 13.0. The molecule has 20 heavy (non-hydrogen) atoms. The molecule has 1 aliphatic rings. The van der Waals surface area contributed by atoms with Crippen molar-refractivity contribution in [3.63, 3.8) is 0 Å². The van der Waals surface area contributed by atoms with Crippen LogP contribution in [0.5, 0.6) is 0 Å². The van der Waals surface area contributed by atoms with Gasteiger partial charge in [-0.1, -0.05) is 49.0 Å². The summed E-state index contributed by atoms with van der Waals surface area (Å²) in [5.74, 6) is 0.576. The molecule has 1 amide bonds. The van der Waals surface area contributed by atoms with E-state index in [0.717, 1.165) is 5.56 Å². The standard InChI is InChI=1S/C15H20N2OS2/c16-14(19)13(11-6-2-1-3-7-11)15(18)17-10-12-8-4-5-9-20-12/h1-3,6-7,12-13H,4-5,8-10H2,(H2,16,19)(H,17,18). The van der Waals surface area contributed by atoms with Gasteiger partial charge in [0.15, 0.2) is 0 Å². The SMILES string of the molecule is NC(=S)C(C(=O)NCC1CCCCS1)c1ccccc1. The molecule has 1 fully saturated rings. The first-order chi connectivity index (χ1) is 9.68. The molecule has 1 aromatic rings. The first kappa shape index (κ1) is 15.3. The molecular formula is C15H20N2OS2. The Morgan fingerprint density at radius 3 is 2.75 bits per heavy atom. The van der Waals surface area contributed by atoms with E-state index in [0.29, 0.717) is 11.8 Å². The van der Waals surface area contributed by atoms with Gasteiger partial charge >= 0.3 is 0 Å². The second kappa shape index (κ2) is 7.64. The minimum atomic E-state index is -0.528. The predicted molar refractivity (Wildman–Crippen MR) is 89.1 cm³/mol. The van der Waals surface area contributed by atoms with E-state index >= 15 is 0 Å². The lowest BCUT2D eigenvalue weighted by Crippen LogP contribution is -2.39. The van der Waals surface area contributed by atoms with Gasteiger partial charge in [0.1, 0.15) is 5.92 Å². The lowest BCUT2D eigenvalue weighted by Gasteiger charge is -2.23. The lowest BCUT2D eigenvalue weighted by molar-refractivity contribution is -0.121. The molecule has 0 radical (unpaired) electrons. The molecule has 1 saturated heterocycles. The molecule has 0 saturated carbocycles. The highest BCUT2D eigenvalue weighted by atomic mass is 32.2. The van der Waals surface area contributed by atoms with Crippen molar-refractivity contribution in [3.05, 3.63) is 35.9 Å². The van der Waals surface area contributed by atoms with Crippen LogP contribution in [0.25, 0.3) is 0 Å². The fraction of sp³-hybridized carbons (Fsp3) is 0.467. The van der Waals surface area contributed by atoms with E-state index in [1.54, 1.807) is 0 Å². The second-order valence-corrected chi connectivity index (χ2v) is 6.86. The summed E-state index contributed by atoms with van der Waals surface area (Å²) in [5.41, 5.74) is 6.60. The highest BCUT2D eigenvalue weighted by Gasteiger charge is 2.24. The van der Waals surface area contributed by atoms with Crippen LogP contribution in [0, 0.1) is 0 Å². The van der Waals surface area contributed by atoms with Crippen molar-refractivity contribution < 1.29 is 4.79 Å². The fourth-order valence-corrected chi connectivity index (χ4v) is 3.86. The summed E-state index contributed by atoms with van der Waals surface area (Å²) in [6.45, 7) is 0.704. The Hall–Kier alpha value is -1.07. The Bertz CT molecular complexity index is 458. The number of hydrogen-bond acceptors (Lipinski definition) is 3. The molecule has 2 atom stereocenters. The van der Waals surface area contributed by atoms with Crippen LogP contribution in [0.1, 0.15) is 30.7 Å². The Balaban J connectivity index is 1.95. The summed E-state index contributed by atoms with van der Waals surface area (Å²) in [5, 5.41) is 3.53. The smallest absolute Gasteiger partial charge is 0.234 e. The van der Waals surface area contributed by atoms with E-state index < -0.39 is 5.92 Å². The fourth-order valence-electron chi connectivity index (χ4n) is 2.38. The molecule has 1 aliphatic heterocycles. The summed E-state index contributed by atoms with van der Waals surface area (Å²) >= 11 is 7.00. The maximum absolute atomic E-state index is 12.3. The van der Waals surface area contributed by atoms with Crippen LogP contribution in [0.3, 0.4) is 0 Å². The summed E-state index contributed by atoms with van der Waals surface area (Å²) in [6, 6.07) is 9.48. The molecule has 2 rings (SSSR count). The summed E-state index contributed by atoms with van der Waals surface area (Å²) in [7, 11) is 0. The molecule has 0 bridgehead atoms. The number of carbonyl (C=O) groups is 1. The molecule has 5 heteroatoms. The van der Waals surface area contributed by atoms with Crippen molar-refractivity contribution >= 4 is 34.9 Å². The van der Waals surface area contributed by atoms with E-state index in [1.165, 1.54) is 25.0 Å². The molecule has 3 nitrogen and oxygen atoms in total. The molecular weight excluding hydrogens is 288 g/mol. The Morgan fingerprint density at radius 2 is 2.15 bits per heavy atom. The molecule has 1 aromatic carbocycles. The number of thioether (sulfide) groups is 1. The number of carbonyl (C=O) groups excluding carboxylic acids is 1. The Kier molecular flexibility index (Phi) is 5.86. The van der Waals surface area contributed by atoms with Gasteiger partial charge < -0.3 is 11.1 Å². The van der Waals surface area contributed by atoms with Gasteiger partial charge in [-0.05, 0) is 24.2 Å². The zero-order chi connectivity index (χ0) is 14.4. The highest BCUT2D eigenvalue weighted by Crippen LogP contribution is 2.24. The van der Waals surface area contributed by atoms with Crippen molar-refractivity contribution in [1.82, 2.24) is 5.32 Å². The normalized spacial score (nSPS) is 20.1. The molecule has 1 heterocycles. The van der Waals surface area contributed by atoms with Crippen LogP contribution in [0.15, 0.2) is 30.3 Å². The Morgan fingerprint density at radius 1 is 1.40 bits per heavy atom. The largest absolute Gasteiger partial charge is 0.392 e. The molecule has 0 aliphatic carbocycles. The highest BCUT2D eigenvalue weighted by molar-refractivity contribution is 7.99. The van der Waals surface area contributed by atoms with Crippen LogP contribution in [0.2, 0.25) is 0 Å². The number of nitrogens with two attached hydrogens (primary N) is 1. The van der Waals surface area contributed by atoms with Crippen LogP contribution < -0.4 is 11.1 Å². The third kappa shape index (κ3) is 4.21. The van der Waals surface area contributed by atoms with Crippen molar-refractivity contribution in [2.24, 2.45) is 5.73 Å². The van der Waals surface area contributed by atoms with E-state index in [9.17, 15) is 4.79 Å². The van der Waals surface area contributed by atoms with Gasteiger partial charge in [0.2, 0.25) is 5.91 Å². The maximum atomic E-state index is 12.3. The van der Waals surface area contributed by atoms with E-state index in [1.807, 2.05) is 42.1 Å². The van der Waals surface area contributed by atoms with E-state index in [-0.39, 0.29) is 10.9 Å². The average molecular weight is 308 g/mol. The first-order valence-corrected chi connectivity index (χ1v) is 8.38. The van der Waals surface area contributed by atoms with Gasteiger partial charge in [0.25, 0.3) is 0 Å². The van der Waals surface area contributed by atoms with Gasteiger partial charge in [-0.3, -0.25) is 4.79 Å². The minimum Gasteiger partial charge on any atom is -0.392 e. The topological polar surface area (TPSA) is 55.1 Å². The van der Waals surface area contributed by atoms with Gasteiger partial charge in [0, 0.05) is 11.8 Å². The third-order valence-electron chi connectivity index (χ3n) is 3.46. The molecule has 0 aromatic heterocycles. The number of thiocarbonyl (C=S) groups is 1. The number of benzene rings is 1. The number of hydrogen-bond donors (Lipinski definition) is 2. The first-order valence-electron chi connectivity index (χ1n) is 6.92. The van der Waals surface area contributed by atoms with Gasteiger partial charge in [0.05, 0.1) is 4.99 Å². The van der Waals surface area contributed by atoms with Crippen molar-refractivity contribution in [1.29, 1.82) is 0 Å². The molecule has 108 valence electrons. The minimum absolute atomic E-state index is 0.0881. The van der Waals surface area contributed by atoms with E-state index in [4.69, 9.17) is 18.0 Å². The summed E-state index contributed by atoms with van der Waals surface area (Å²) in [4.78, 5) is 12.6. The molecule has 0 spiro atoms. The Labute approximate surface area is 129 Å². The van der Waals surface area contributed by atoms with Crippen LogP contribution in [0.4, 0.5) is 0 Å². The molecule has 2 unspecified atom stereocenters. The van der Waals surface area contributed by atoms with Gasteiger partial charge in [-0.2, -0.15) is 11.8 Å². The third-order valence-corrected chi connectivity index (χ3v) is 5.09. The van der Waals surface area contributed by atoms with Crippen LogP contribution in [-0.4, -0.2) is 28.4 Å². The molecule has 3 N–H and O–H groups in total. The van der Waals surface area contributed by atoms with Crippen LogP contribution >= 0.6 is 24.0 Å². The van der Waals surface area contributed by atoms with Crippen molar-refractivity contribution in [2.45, 2.75) is 30.4 Å². The number of rotatable bonds is 5. The lowest BCUT2D eigenvalue weighted by atomic mass is 9.98. The number of nitrogens with one attached hydrogen (secondary N) is 1. The average Bonchev–Trinajstić information content (AvgIpc) is 2.47. The summed E-state index contributed by atoms with van der Waals surface area (Å²) in [6.07, 6.45) is 3.72. The van der Waals surface area contributed by atoms with Crippen LogP contribution in [-0.2, 0) is 4.79 Å². The van der Waals surface area contributed by atoms with Gasteiger partial charge in [-0.25, -0.2) is 0 Å². The predicted octanol–water partition coefficient (Wildman–Crippen LogP) is 2.46. The van der Waals surface area contributed by atoms with Crippen molar-refractivity contribution in [2.75, 3.05) is 12.3 Å². The number of amides is 1. The van der Waals surface area contributed by atoms with Gasteiger partial charge in [-0.15, -0.1) is 0 Å². The van der Waals surface area contributed by atoms with Crippen molar-refractivity contribution in [3.8, 4) is 0 Å². The zero-order valence-electron chi connectivity index (χ0n) is 11.4. The summed E-state index contributed by atoms with van der Waals surface area (Å²) < 4.78 is 0. The van der Waals surface area contributed by atoms with E-state index in [2.05, 4.69) is 5.32 Å². The maximum Gasteiger partial charge on any atom is 0.234 e.